The van der Waals surface area contributed by atoms with Crippen molar-refractivity contribution in [2.45, 2.75) is 6.54 Å². The third-order valence-corrected chi connectivity index (χ3v) is 6.03. The molecule has 4 rings (SSSR count). The summed E-state index contributed by atoms with van der Waals surface area (Å²) in [6, 6.07) is 19.9. The molecule has 3 nitrogen and oxygen atoms in total. The number of nitrogens with zero attached hydrogens (tertiary/aromatic N) is 3. The standard InChI is InChI=1S/C21H15BrClN3S/c22-18-9-3-2-8-17(18)20-14-27-21(25-16-7-5-11-24-12-16)26(20)13-15-6-1-4-10-19(15)23/h1-12,14H,13H2. The van der Waals surface area contributed by atoms with Crippen LogP contribution in [0.15, 0.2) is 87.9 Å². The van der Waals surface area contributed by atoms with Gasteiger partial charge in [-0.05, 0) is 29.8 Å². The predicted octanol–water partition coefficient (Wildman–Crippen LogP) is 6.31. The molecular formula is C21H15BrClN3S. The summed E-state index contributed by atoms with van der Waals surface area (Å²) < 4.78 is 3.24. The molecule has 0 spiro atoms. The summed E-state index contributed by atoms with van der Waals surface area (Å²) in [7, 11) is 0. The fraction of sp³-hybridized carbons (Fsp3) is 0.0476. The Morgan fingerprint density at radius 2 is 1.85 bits per heavy atom. The van der Waals surface area contributed by atoms with E-state index in [1.54, 1.807) is 23.7 Å². The van der Waals surface area contributed by atoms with Gasteiger partial charge in [0.1, 0.15) is 0 Å². The summed E-state index contributed by atoms with van der Waals surface area (Å²) in [6.45, 7) is 0.638. The first-order chi connectivity index (χ1) is 13.2. The number of halogens is 2. The van der Waals surface area contributed by atoms with E-state index in [9.17, 15) is 0 Å². The lowest BCUT2D eigenvalue weighted by atomic mass is 10.1. The molecule has 27 heavy (non-hydrogen) atoms. The lowest BCUT2D eigenvalue weighted by molar-refractivity contribution is 0.778. The van der Waals surface area contributed by atoms with Crippen LogP contribution in [-0.2, 0) is 6.54 Å². The zero-order chi connectivity index (χ0) is 18.6. The molecule has 0 unspecified atom stereocenters. The smallest absolute Gasteiger partial charge is 0.190 e. The topological polar surface area (TPSA) is 30.2 Å². The highest BCUT2D eigenvalue weighted by molar-refractivity contribution is 9.10. The van der Waals surface area contributed by atoms with Crippen LogP contribution in [-0.4, -0.2) is 9.55 Å². The SMILES string of the molecule is Clc1ccccc1Cn1c(-c2ccccc2Br)csc1=Nc1cccnc1. The Labute approximate surface area is 174 Å². The predicted molar refractivity (Wildman–Crippen MR) is 115 cm³/mol. The maximum absolute atomic E-state index is 6.42. The normalized spacial score (nSPS) is 11.7. The molecule has 4 aromatic rings. The maximum Gasteiger partial charge on any atom is 0.190 e. The van der Waals surface area contributed by atoms with E-state index in [-0.39, 0.29) is 0 Å². The summed E-state index contributed by atoms with van der Waals surface area (Å²) in [5, 5.41) is 2.88. The Bertz CT molecular complexity index is 1140. The van der Waals surface area contributed by atoms with E-state index in [1.165, 1.54) is 0 Å². The van der Waals surface area contributed by atoms with Crippen LogP contribution >= 0.6 is 38.9 Å². The Balaban J connectivity index is 1.89. The zero-order valence-corrected chi connectivity index (χ0v) is 17.4. The van der Waals surface area contributed by atoms with E-state index in [0.29, 0.717) is 6.54 Å². The molecule has 0 atom stereocenters. The Kier molecular flexibility index (Phi) is 5.53. The zero-order valence-electron chi connectivity index (χ0n) is 14.2. The van der Waals surface area contributed by atoms with E-state index in [4.69, 9.17) is 16.6 Å². The molecule has 2 aromatic carbocycles. The van der Waals surface area contributed by atoms with E-state index >= 15 is 0 Å². The third-order valence-electron chi connectivity index (χ3n) is 4.10. The average molecular weight is 457 g/mol. The molecular weight excluding hydrogens is 442 g/mol. The Morgan fingerprint density at radius 3 is 2.63 bits per heavy atom. The van der Waals surface area contributed by atoms with Crippen LogP contribution in [0.4, 0.5) is 5.69 Å². The van der Waals surface area contributed by atoms with Crippen molar-refractivity contribution in [1.29, 1.82) is 0 Å². The fourth-order valence-electron chi connectivity index (χ4n) is 2.78. The number of benzene rings is 2. The molecule has 2 heterocycles. The van der Waals surface area contributed by atoms with Gasteiger partial charge in [-0.15, -0.1) is 11.3 Å². The first-order valence-electron chi connectivity index (χ1n) is 8.34. The highest BCUT2D eigenvalue weighted by atomic mass is 79.9. The minimum Gasteiger partial charge on any atom is -0.312 e. The Morgan fingerprint density at radius 1 is 1.04 bits per heavy atom. The van der Waals surface area contributed by atoms with Gasteiger partial charge in [0.15, 0.2) is 4.80 Å². The first kappa shape index (κ1) is 18.2. The molecule has 0 aliphatic heterocycles. The average Bonchev–Trinajstić information content (AvgIpc) is 3.07. The minimum atomic E-state index is 0.638. The number of aromatic nitrogens is 2. The van der Waals surface area contributed by atoms with Crippen LogP contribution in [0.2, 0.25) is 5.02 Å². The van der Waals surface area contributed by atoms with E-state index in [0.717, 1.165) is 36.8 Å². The van der Waals surface area contributed by atoms with Crippen LogP contribution in [0.3, 0.4) is 0 Å². The molecule has 2 aromatic heterocycles. The van der Waals surface area contributed by atoms with Crippen molar-refractivity contribution in [2.75, 3.05) is 0 Å². The minimum absolute atomic E-state index is 0.638. The van der Waals surface area contributed by atoms with E-state index in [2.05, 4.69) is 36.9 Å². The molecule has 0 N–H and O–H groups in total. The van der Waals surface area contributed by atoms with Crippen LogP contribution < -0.4 is 4.80 Å². The molecule has 0 amide bonds. The van der Waals surface area contributed by atoms with Gasteiger partial charge < -0.3 is 4.57 Å². The van der Waals surface area contributed by atoms with Gasteiger partial charge >= 0.3 is 0 Å². The van der Waals surface area contributed by atoms with Crippen molar-refractivity contribution in [1.82, 2.24) is 9.55 Å². The molecule has 0 saturated carbocycles. The van der Waals surface area contributed by atoms with Gasteiger partial charge in [-0.2, -0.15) is 0 Å². The van der Waals surface area contributed by atoms with Crippen LogP contribution in [0.25, 0.3) is 11.3 Å². The number of pyridine rings is 1. The van der Waals surface area contributed by atoms with Gasteiger partial charge in [-0.25, -0.2) is 4.99 Å². The number of hydrogen-bond donors (Lipinski definition) is 0. The third kappa shape index (κ3) is 4.05. The van der Waals surface area contributed by atoms with E-state index in [1.807, 2.05) is 54.6 Å². The van der Waals surface area contributed by atoms with Crippen molar-refractivity contribution < 1.29 is 0 Å². The highest BCUT2D eigenvalue weighted by Crippen LogP contribution is 2.29. The number of hydrogen-bond acceptors (Lipinski definition) is 3. The molecule has 0 fully saturated rings. The maximum atomic E-state index is 6.42. The lowest BCUT2D eigenvalue weighted by Crippen LogP contribution is -2.17. The summed E-state index contributed by atoms with van der Waals surface area (Å²) in [5.74, 6) is 0. The first-order valence-corrected chi connectivity index (χ1v) is 10.4. The quantitative estimate of drug-likeness (QED) is 0.354. The largest absolute Gasteiger partial charge is 0.312 e. The summed E-state index contributed by atoms with van der Waals surface area (Å²) in [4.78, 5) is 9.86. The van der Waals surface area contributed by atoms with E-state index < -0.39 is 0 Å². The van der Waals surface area contributed by atoms with Gasteiger partial charge in [0.2, 0.25) is 0 Å². The van der Waals surface area contributed by atoms with Crippen molar-refractivity contribution in [3.63, 3.8) is 0 Å². The second kappa shape index (κ2) is 8.21. The highest BCUT2D eigenvalue weighted by Gasteiger charge is 2.12. The van der Waals surface area contributed by atoms with Gasteiger partial charge in [0.25, 0.3) is 0 Å². The van der Waals surface area contributed by atoms with Gasteiger partial charge in [-0.3, -0.25) is 4.98 Å². The fourth-order valence-corrected chi connectivity index (χ4v) is 4.39. The van der Waals surface area contributed by atoms with Crippen LogP contribution in [0, 0.1) is 0 Å². The van der Waals surface area contributed by atoms with Crippen LogP contribution in [0.5, 0.6) is 0 Å². The molecule has 0 aliphatic rings. The lowest BCUT2D eigenvalue weighted by Gasteiger charge is -2.12. The molecule has 0 aliphatic carbocycles. The molecule has 6 heteroatoms. The van der Waals surface area contributed by atoms with Gasteiger partial charge in [-0.1, -0.05) is 63.9 Å². The molecule has 0 radical (unpaired) electrons. The van der Waals surface area contributed by atoms with Crippen molar-refractivity contribution in [3.05, 3.63) is 98.3 Å². The van der Waals surface area contributed by atoms with Crippen LogP contribution in [0.1, 0.15) is 5.56 Å². The summed E-state index contributed by atoms with van der Waals surface area (Å²) in [6.07, 6.45) is 3.51. The van der Waals surface area contributed by atoms with Gasteiger partial charge in [0, 0.05) is 26.6 Å². The molecule has 0 bridgehead atoms. The molecule has 0 saturated heterocycles. The van der Waals surface area contributed by atoms with Crippen molar-refractivity contribution >= 4 is 44.6 Å². The number of thiazole rings is 1. The van der Waals surface area contributed by atoms with Crippen molar-refractivity contribution in [3.8, 4) is 11.3 Å². The Hall–Kier alpha value is -2.21. The number of rotatable bonds is 4. The summed E-state index contributed by atoms with van der Waals surface area (Å²) >= 11 is 11.7. The second-order valence-electron chi connectivity index (χ2n) is 5.88. The summed E-state index contributed by atoms with van der Waals surface area (Å²) in [5.41, 5.74) is 4.09. The van der Waals surface area contributed by atoms with Crippen molar-refractivity contribution in [2.24, 2.45) is 4.99 Å². The van der Waals surface area contributed by atoms with Gasteiger partial charge in [0.05, 0.1) is 24.1 Å². The monoisotopic (exact) mass is 455 g/mol. The second-order valence-corrected chi connectivity index (χ2v) is 7.98. The molecule has 134 valence electrons.